The lowest BCUT2D eigenvalue weighted by atomic mass is 9.86. The summed E-state index contributed by atoms with van der Waals surface area (Å²) in [6, 6.07) is 7.80. The smallest absolute Gasteiger partial charge is 0.161 e. The van der Waals surface area contributed by atoms with E-state index in [1.807, 2.05) is 49.4 Å². The number of benzene rings is 1. The minimum atomic E-state index is -0.443. The maximum absolute atomic E-state index is 11.9. The fraction of sp³-hybridized carbons (Fsp3) is 0.312. The molecule has 1 aliphatic carbocycles. The van der Waals surface area contributed by atoms with Gasteiger partial charge in [0.1, 0.15) is 17.5 Å². The Morgan fingerprint density at radius 3 is 2.74 bits per heavy atom. The van der Waals surface area contributed by atoms with E-state index in [-0.39, 0.29) is 11.9 Å². The van der Waals surface area contributed by atoms with Crippen LogP contribution in [0.4, 0.5) is 0 Å². The highest BCUT2D eigenvalue weighted by Crippen LogP contribution is 2.53. The lowest BCUT2D eigenvalue weighted by Crippen LogP contribution is -2.18. The molecule has 3 heteroatoms. The van der Waals surface area contributed by atoms with Gasteiger partial charge in [-0.05, 0) is 23.8 Å². The van der Waals surface area contributed by atoms with Gasteiger partial charge in [0.15, 0.2) is 5.78 Å². The molecule has 0 bridgehead atoms. The minimum Gasteiger partial charge on any atom is -0.497 e. The second-order valence-electron chi connectivity index (χ2n) is 4.78. The molecule has 0 aromatic heterocycles. The number of Topliss-reactive ketones (excluding diaryl/α,β-unsaturated/α-hetero) is 1. The molecular weight excluding hydrogens is 240 g/mol. The number of ketones is 1. The van der Waals surface area contributed by atoms with E-state index < -0.39 is 5.60 Å². The molecule has 1 heterocycles. The summed E-state index contributed by atoms with van der Waals surface area (Å²) in [7, 11) is 1.64. The molecule has 0 amide bonds. The second kappa shape index (κ2) is 4.35. The van der Waals surface area contributed by atoms with Crippen molar-refractivity contribution in [2.45, 2.75) is 25.0 Å². The highest BCUT2D eigenvalue weighted by Gasteiger charge is 2.59. The van der Waals surface area contributed by atoms with Crippen LogP contribution in [-0.4, -0.2) is 19.0 Å². The molecule has 1 fully saturated rings. The van der Waals surface area contributed by atoms with Crippen molar-refractivity contribution < 1.29 is 14.3 Å². The lowest BCUT2D eigenvalue weighted by molar-refractivity contribution is -0.115. The molecule has 98 valence electrons. The predicted octanol–water partition coefficient (Wildman–Crippen LogP) is 2.76. The molecular formula is C16H16O3. The first-order chi connectivity index (χ1) is 9.21. The van der Waals surface area contributed by atoms with Crippen molar-refractivity contribution in [3.63, 3.8) is 0 Å². The summed E-state index contributed by atoms with van der Waals surface area (Å²) in [5.41, 5.74) is 1.39. The topological polar surface area (TPSA) is 38.8 Å². The van der Waals surface area contributed by atoms with E-state index in [0.717, 1.165) is 16.9 Å². The van der Waals surface area contributed by atoms with Crippen LogP contribution >= 0.6 is 0 Å². The maximum Gasteiger partial charge on any atom is 0.161 e. The summed E-state index contributed by atoms with van der Waals surface area (Å²) in [5.74, 6) is 0.974. The third kappa shape index (κ3) is 1.81. The van der Waals surface area contributed by atoms with Gasteiger partial charge in [-0.25, -0.2) is 0 Å². The van der Waals surface area contributed by atoms with Gasteiger partial charge < -0.3 is 9.47 Å². The summed E-state index contributed by atoms with van der Waals surface area (Å²) >= 11 is 0. The first kappa shape index (κ1) is 12.2. The maximum atomic E-state index is 11.9. The quantitative estimate of drug-likeness (QED) is 0.777. The van der Waals surface area contributed by atoms with Crippen LogP contribution in [0.15, 0.2) is 48.1 Å². The van der Waals surface area contributed by atoms with Crippen LogP contribution in [-0.2, 0) is 15.1 Å². The Kier molecular flexibility index (Phi) is 2.79. The Balaban J connectivity index is 1.90. The number of carbonyl (C=O) groups is 1. The molecule has 1 aliphatic heterocycles. The summed E-state index contributed by atoms with van der Waals surface area (Å²) in [6.07, 6.45) is 6.19. The Labute approximate surface area is 112 Å². The summed E-state index contributed by atoms with van der Waals surface area (Å²) < 4.78 is 11.0. The van der Waals surface area contributed by atoms with Crippen LogP contribution < -0.4 is 4.74 Å². The monoisotopic (exact) mass is 256 g/mol. The highest BCUT2D eigenvalue weighted by atomic mass is 16.6. The van der Waals surface area contributed by atoms with E-state index in [1.165, 1.54) is 0 Å². The number of allylic oxidation sites excluding steroid dienone is 2. The van der Waals surface area contributed by atoms with E-state index in [2.05, 4.69) is 0 Å². The zero-order chi connectivity index (χ0) is 13.5. The van der Waals surface area contributed by atoms with Crippen molar-refractivity contribution in [1.82, 2.24) is 0 Å². The number of fused-ring (bicyclic) bond motifs is 1. The molecule has 3 nitrogen and oxygen atoms in total. The summed E-state index contributed by atoms with van der Waals surface area (Å²) in [4.78, 5) is 11.9. The van der Waals surface area contributed by atoms with Crippen LogP contribution in [0.1, 0.15) is 18.9 Å². The molecule has 1 aromatic rings. The van der Waals surface area contributed by atoms with Crippen LogP contribution in [0, 0.1) is 0 Å². The first-order valence-corrected chi connectivity index (χ1v) is 6.46. The number of hydrogen-bond donors (Lipinski definition) is 0. The van der Waals surface area contributed by atoms with E-state index in [0.29, 0.717) is 6.42 Å². The van der Waals surface area contributed by atoms with Gasteiger partial charge in [0.2, 0.25) is 0 Å². The van der Waals surface area contributed by atoms with E-state index in [4.69, 9.17) is 9.47 Å². The summed E-state index contributed by atoms with van der Waals surface area (Å²) in [5, 5.41) is 0. The molecule has 0 N–H and O–H groups in total. The summed E-state index contributed by atoms with van der Waals surface area (Å²) in [6.45, 7) is 1.87. The lowest BCUT2D eigenvalue weighted by Gasteiger charge is -2.13. The molecule has 3 rings (SSSR count). The zero-order valence-electron chi connectivity index (χ0n) is 11.1. The number of hydrogen-bond acceptors (Lipinski definition) is 3. The van der Waals surface area contributed by atoms with Crippen LogP contribution in [0.25, 0.3) is 0 Å². The zero-order valence-corrected chi connectivity index (χ0v) is 11.1. The fourth-order valence-corrected chi connectivity index (χ4v) is 2.57. The van der Waals surface area contributed by atoms with E-state index in [1.54, 1.807) is 7.11 Å². The van der Waals surface area contributed by atoms with Crippen LogP contribution in [0.3, 0.4) is 0 Å². The number of methoxy groups -OCH3 is 1. The van der Waals surface area contributed by atoms with Gasteiger partial charge >= 0.3 is 0 Å². The standard InChI is InChI=1S/C16H16O3/c1-3-14(17)13-5-4-10-16(15(13)19-16)11-6-8-12(18-2)9-7-11/h4-10,15H,3H2,1-2H3/t15-,16+/m1/s1. The number of ether oxygens (including phenoxy) is 2. The molecule has 2 aliphatic rings. The van der Waals surface area contributed by atoms with Crippen molar-refractivity contribution >= 4 is 5.78 Å². The fourth-order valence-electron chi connectivity index (χ4n) is 2.57. The van der Waals surface area contributed by atoms with Crippen LogP contribution in [0.2, 0.25) is 0 Å². The van der Waals surface area contributed by atoms with Gasteiger partial charge in [-0.15, -0.1) is 0 Å². The second-order valence-corrected chi connectivity index (χ2v) is 4.78. The number of epoxide rings is 1. The van der Waals surface area contributed by atoms with Crippen molar-refractivity contribution in [1.29, 1.82) is 0 Å². The number of carbonyl (C=O) groups excluding carboxylic acids is 1. The predicted molar refractivity (Wildman–Crippen MR) is 72.1 cm³/mol. The molecule has 1 aromatic carbocycles. The van der Waals surface area contributed by atoms with Gasteiger partial charge in [0.05, 0.1) is 7.11 Å². The Morgan fingerprint density at radius 1 is 1.37 bits per heavy atom. The largest absolute Gasteiger partial charge is 0.497 e. The van der Waals surface area contributed by atoms with Crippen molar-refractivity contribution in [3.8, 4) is 5.75 Å². The average molecular weight is 256 g/mol. The van der Waals surface area contributed by atoms with Crippen molar-refractivity contribution in [2.75, 3.05) is 7.11 Å². The molecule has 0 spiro atoms. The minimum absolute atomic E-state index is 0.127. The molecule has 1 saturated heterocycles. The van der Waals surface area contributed by atoms with Gasteiger partial charge in [0.25, 0.3) is 0 Å². The third-order valence-corrected chi connectivity index (χ3v) is 3.73. The van der Waals surface area contributed by atoms with Gasteiger partial charge in [-0.2, -0.15) is 0 Å². The SMILES string of the molecule is CCC(=O)C1=CC=C[C@@]2(c3ccc(OC)cc3)O[C@H]12. The van der Waals surface area contributed by atoms with E-state index >= 15 is 0 Å². The van der Waals surface area contributed by atoms with E-state index in [9.17, 15) is 4.79 Å². The Morgan fingerprint density at radius 2 is 2.11 bits per heavy atom. The third-order valence-electron chi connectivity index (χ3n) is 3.73. The molecule has 19 heavy (non-hydrogen) atoms. The highest BCUT2D eigenvalue weighted by molar-refractivity contribution is 5.97. The van der Waals surface area contributed by atoms with Gasteiger partial charge in [-0.1, -0.05) is 31.2 Å². The molecule has 2 atom stereocenters. The van der Waals surface area contributed by atoms with Crippen LogP contribution in [0.5, 0.6) is 5.75 Å². The first-order valence-electron chi connectivity index (χ1n) is 6.46. The molecule has 0 unspecified atom stereocenters. The average Bonchev–Trinajstić information content (AvgIpc) is 3.22. The normalized spacial score (nSPS) is 27.5. The van der Waals surface area contributed by atoms with Gasteiger partial charge in [-0.3, -0.25) is 4.79 Å². The Bertz CT molecular complexity index is 568. The van der Waals surface area contributed by atoms with Gasteiger partial charge in [0, 0.05) is 12.0 Å². The Hall–Kier alpha value is -1.87. The molecule has 0 radical (unpaired) electrons. The molecule has 0 saturated carbocycles. The van der Waals surface area contributed by atoms with Crippen molar-refractivity contribution in [2.24, 2.45) is 0 Å². The van der Waals surface area contributed by atoms with Crippen molar-refractivity contribution in [3.05, 3.63) is 53.6 Å². The number of rotatable bonds is 4.